The number of halogens is 1. The summed E-state index contributed by atoms with van der Waals surface area (Å²) in [5, 5.41) is 0. The van der Waals surface area contributed by atoms with Gasteiger partial charge in [0, 0.05) is 30.5 Å². The summed E-state index contributed by atoms with van der Waals surface area (Å²) in [5.41, 5.74) is 7.44. The largest absolute Gasteiger partial charge is 0.493 e. The molecule has 2 rings (SSSR count). The number of benzene rings is 2. The molecule has 0 spiro atoms. The van der Waals surface area contributed by atoms with Crippen molar-refractivity contribution in [3.8, 4) is 5.75 Å². The summed E-state index contributed by atoms with van der Waals surface area (Å²) in [7, 11) is 0. The zero-order chi connectivity index (χ0) is 15.1. The number of hydrogen-bond donors (Lipinski definition) is 1. The predicted octanol–water partition coefficient (Wildman–Crippen LogP) is 3.70. The summed E-state index contributed by atoms with van der Waals surface area (Å²) < 4.78 is 18.6. The Kier molecular flexibility index (Phi) is 5.43. The van der Waals surface area contributed by atoms with Crippen LogP contribution in [0.3, 0.4) is 0 Å². The van der Waals surface area contributed by atoms with E-state index in [2.05, 4.69) is 11.8 Å². The van der Waals surface area contributed by atoms with Gasteiger partial charge in [-0.3, -0.25) is 0 Å². The second-order valence-corrected chi connectivity index (χ2v) is 4.83. The SMILES string of the molecule is CCN(CCCOc1cccc(N)c1)c1ccc(F)cc1. The molecule has 0 aliphatic heterocycles. The minimum Gasteiger partial charge on any atom is -0.493 e. The van der Waals surface area contributed by atoms with Crippen molar-refractivity contribution in [2.45, 2.75) is 13.3 Å². The number of nitrogens with two attached hydrogens (primary N) is 1. The molecule has 0 aliphatic rings. The topological polar surface area (TPSA) is 38.5 Å². The molecule has 2 N–H and O–H groups in total. The maximum Gasteiger partial charge on any atom is 0.123 e. The Morgan fingerprint density at radius 3 is 2.57 bits per heavy atom. The van der Waals surface area contributed by atoms with E-state index in [1.54, 1.807) is 12.1 Å². The fourth-order valence-electron chi connectivity index (χ4n) is 2.17. The van der Waals surface area contributed by atoms with E-state index in [1.165, 1.54) is 12.1 Å². The van der Waals surface area contributed by atoms with Crippen molar-refractivity contribution in [2.75, 3.05) is 30.3 Å². The molecule has 0 radical (unpaired) electrons. The van der Waals surface area contributed by atoms with E-state index < -0.39 is 0 Å². The fraction of sp³-hybridized carbons (Fsp3) is 0.294. The van der Waals surface area contributed by atoms with Crippen molar-refractivity contribution in [2.24, 2.45) is 0 Å². The summed E-state index contributed by atoms with van der Waals surface area (Å²) in [4.78, 5) is 2.20. The molecule has 0 saturated heterocycles. The molecule has 2 aromatic carbocycles. The molecule has 0 fully saturated rings. The lowest BCUT2D eigenvalue weighted by Crippen LogP contribution is -2.25. The Balaban J connectivity index is 1.79. The average molecular weight is 288 g/mol. The molecular formula is C17H21FN2O. The van der Waals surface area contributed by atoms with Crippen LogP contribution in [0.4, 0.5) is 15.8 Å². The number of ether oxygens (including phenoxy) is 1. The van der Waals surface area contributed by atoms with Gasteiger partial charge in [0.2, 0.25) is 0 Å². The van der Waals surface area contributed by atoms with Gasteiger partial charge in [-0.2, -0.15) is 0 Å². The fourth-order valence-corrected chi connectivity index (χ4v) is 2.17. The number of rotatable bonds is 7. The van der Waals surface area contributed by atoms with Crippen LogP contribution in [0.25, 0.3) is 0 Å². The van der Waals surface area contributed by atoms with Gasteiger partial charge in [-0.15, -0.1) is 0 Å². The monoisotopic (exact) mass is 288 g/mol. The number of hydrogen-bond acceptors (Lipinski definition) is 3. The molecule has 4 heteroatoms. The number of nitrogen functional groups attached to an aromatic ring is 1. The maximum absolute atomic E-state index is 12.9. The first kappa shape index (κ1) is 15.2. The van der Waals surface area contributed by atoms with E-state index in [4.69, 9.17) is 10.5 Å². The standard InChI is InChI=1S/C17H21FN2O/c1-2-20(16-9-7-14(18)8-10-16)11-4-12-21-17-6-3-5-15(19)13-17/h3,5-10,13H,2,4,11-12,19H2,1H3. The Bertz CT molecular complexity index is 557. The van der Waals surface area contributed by atoms with E-state index in [1.807, 2.05) is 24.3 Å². The molecule has 0 aromatic heterocycles. The van der Waals surface area contributed by atoms with Gasteiger partial charge in [0.05, 0.1) is 6.61 Å². The lowest BCUT2D eigenvalue weighted by atomic mass is 10.2. The highest BCUT2D eigenvalue weighted by atomic mass is 19.1. The number of nitrogens with zero attached hydrogens (tertiary/aromatic N) is 1. The molecule has 0 unspecified atom stereocenters. The van der Waals surface area contributed by atoms with E-state index in [9.17, 15) is 4.39 Å². The van der Waals surface area contributed by atoms with Crippen LogP contribution >= 0.6 is 0 Å². The molecule has 0 aliphatic carbocycles. The average Bonchev–Trinajstić information content (AvgIpc) is 2.49. The highest BCUT2D eigenvalue weighted by Gasteiger charge is 2.04. The summed E-state index contributed by atoms with van der Waals surface area (Å²) in [6.45, 7) is 4.46. The summed E-state index contributed by atoms with van der Waals surface area (Å²) >= 11 is 0. The first-order valence-electron chi connectivity index (χ1n) is 7.18. The van der Waals surface area contributed by atoms with Crippen LogP contribution in [0.5, 0.6) is 5.75 Å². The van der Waals surface area contributed by atoms with Crippen LogP contribution in [0, 0.1) is 5.82 Å². The van der Waals surface area contributed by atoms with Crippen molar-refractivity contribution in [3.05, 3.63) is 54.3 Å². The van der Waals surface area contributed by atoms with E-state index >= 15 is 0 Å². The molecule has 3 nitrogen and oxygen atoms in total. The molecule has 0 atom stereocenters. The van der Waals surface area contributed by atoms with Crippen molar-refractivity contribution in [1.82, 2.24) is 0 Å². The van der Waals surface area contributed by atoms with E-state index in [0.29, 0.717) is 12.3 Å². The highest BCUT2D eigenvalue weighted by Crippen LogP contribution is 2.16. The van der Waals surface area contributed by atoms with Gasteiger partial charge in [-0.05, 0) is 49.7 Å². The second kappa shape index (κ2) is 7.53. The first-order valence-corrected chi connectivity index (χ1v) is 7.18. The molecular weight excluding hydrogens is 267 g/mol. The van der Waals surface area contributed by atoms with Gasteiger partial charge in [-0.1, -0.05) is 6.07 Å². The molecule has 2 aromatic rings. The Morgan fingerprint density at radius 2 is 1.90 bits per heavy atom. The van der Waals surface area contributed by atoms with Crippen molar-refractivity contribution >= 4 is 11.4 Å². The smallest absolute Gasteiger partial charge is 0.123 e. The van der Waals surface area contributed by atoms with Gasteiger partial charge >= 0.3 is 0 Å². The summed E-state index contributed by atoms with van der Waals surface area (Å²) in [5.74, 6) is 0.583. The molecule has 0 saturated carbocycles. The zero-order valence-electron chi connectivity index (χ0n) is 12.3. The van der Waals surface area contributed by atoms with Crippen molar-refractivity contribution in [3.63, 3.8) is 0 Å². The third kappa shape index (κ3) is 4.67. The van der Waals surface area contributed by atoms with Gasteiger partial charge in [0.25, 0.3) is 0 Å². The maximum atomic E-state index is 12.9. The molecule has 0 heterocycles. The van der Waals surface area contributed by atoms with Crippen LogP contribution in [0.2, 0.25) is 0 Å². The second-order valence-electron chi connectivity index (χ2n) is 4.83. The molecule has 112 valence electrons. The van der Waals surface area contributed by atoms with Gasteiger partial charge in [-0.25, -0.2) is 4.39 Å². The minimum atomic E-state index is -0.209. The third-order valence-corrected chi connectivity index (χ3v) is 3.27. The highest BCUT2D eigenvalue weighted by molar-refractivity contribution is 5.46. The van der Waals surface area contributed by atoms with Crippen LogP contribution in [0.1, 0.15) is 13.3 Å². The lowest BCUT2D eigenvalue weighted by Gasteiger charge is -2.23. The molecule has 0 bridgehead atoms. The quantitative estimate of drug-likeness (QED) is 0.623. The summed E-state index contributed by atoms with van der Waals surface area (Å²) in [6.07, 6.45) is 0.889. The Morgan fingerprint density at radius 1 is 1.14 bits per heavy atom. The zero-order valence-corrected chi connectivity index (χ0v) is 12.3. The summed E-state index contributed by atoms with van der Waals surface area (Å²) in [6, 6.07) is 14.0. The van der Waals surface area contributed by atoms with Gasteiger partial charge in [0.15, 0.2) is 0 Å². The van der Waals surface area contributed by atoms with Crippen LogP contribution in [-0.4, -0.2) is 19.7 Å². The Hall–Kier alpha value is -2.23. The minimum absolute atomic E-state index is 0.209. The Labute approximate surface area is 125 Å². The van der Waals surface area contributed by atoms with Crippen LogP contribution in [0.15, 0.2) is 48.5 Å². The predicted molar refractivity (Wildman–Crippen MR) is 85.3 cm³/mol. The number of anilines is 2. The van der Waals surface area contributed by atoms with E-state index in [0.717, 1.165) is 30.9 Å². The third-order valence-electron chi connectivity index (χ3n) is 3.27. The van der Waals surface area contributed by atoms with Crippen LogP contribution in [-0.2, 0) is 0 Å². The van der Waals surface area contributed by atoms with Gasteiger partial charge in [0.1, 0.15) is 11.6 Å². The lowest BCUT2D eigenvalue weighted by molar-refractivity contribution is 0.312. The van der Waals surface area contributed by atoms with Crippen LogP contribution < -0.4 is 15.4 Å². The molecule has 0 amide bonds. The normalized spacial score (nSPS) is 10.4. The first-order chi connectivity index (χ1) is 10.2. The van der Waals surface area contributed by atoms with Gasteiger partial charge < -0.3 is 15.4 Å². The van der Waals surface area contributed by atoms with E-state index in [-0.39, 0.29) is 5.82 Å². The van der Waals surface area contributed by atoms with Crippen molar-refractivity contribution in [1.29, 1.82) is 0 Å². The molecule has 21 heavy (non-hydrogen) atoms. The van der Waals surface area contributed by atoms with Crippen molar-refractivity contribution < 1.29 is 9.13 Å².